The van der Waals surface area contributed by atoms with Gasteiger partial charge in [-0.15, -0.1) is 6.58 Å². The van der Waals surface area contributed by atoms with E-state index in [1.54, 1.807) is 4.90 Å². The first-order valence-electron chi connectivity index (χ1n) is 6.47. The minimum Gasteiger partial charge on any atom is -0.326 e. The van der Waals surface area contributed by atoms with Crippen LogP contribution in [0.2, 0.25) is 0 Å². The van der Waals surface area contributed by atoms with Crippen molar-refractivity contribution in [3.05, 3.63) is 36.9 Å². The summed E-state index contributed by atoms with van der Waals surface area (Å²) in [5, 5.41) is 2.78. The number of benzene rings is 1. The molecule has 0 saturated carbocycles. The van der Waals surface area contributed by atoms with Gasteiger partial charge in [0.1, 0.15) is 0 Å². The second-order valence-electron chi connectivity index (χ2n) is 4.65. The Kier molecular flexibility index (Phi) is 4.00. The monoisotopic (exact) mass is 258 g/mol. The zero-order valence-corrected chi connectivity index (χ0v) is 11.1. The van der Waals surface area contributed by atoms with Crippen LogP contribution in [0.5, 0.6) is 0 Å². The molecule has 19 heavy (non-hydrogen) atoms. The molecule has 1 N–H and O–H groups in total. The lowest BCUT2D eigenvalue weighted by Crippen LogP contribution is -2.24. The van der Waals surface area contributed by atoms with Crippen LogP contribution in [0, 0.1) is 5.92 Å². The summed E-state index contributed by atoms with van der Waals surface area (Å²) >= 11 is 0. The fourth-order valence-corrected chi connectivity index (χ4v) is 2.12. The summed E-state index contributed by atoms with van der Waals surface area (Å²) in [6.45, 7) is 6.23. The molecule has 1 aromatic rings. The topological polar surface area (TPSA) is 49.4 Å². The lowest BCUT2D eigenvalue weighted by Gasteiger charge is -2.16. The molecule has 1 heterocycles. The minimum atomic E-state index is -0.0169. The highest BCUT2D eigenvalue weighted by molar-refractivity contribution is 5.96. The van der Waals surface area contributed by atoms with Crippen molar-refractivity contribution in [1.82, 2.24) is 0 Å². The molecule has 1 fully saturated rings. The molecule has 0 aromatic heterocycles. The quantitative estimate of drug-likeness (QED) is 0.844. The van der Waals surface area contributed by atoms with Crippen LogP contribution in [0.1, 0.15) is 19.8 Å². The second kappa shape index (κ2) is 5.69. The van der Waals surface area contributed by atoms with Crippen molar-refractivity contribution in [1.29, 1.82) is 0 Å². The molecule has 2 amide bonds. The number of rotatable bonds is 4. The predicted octanol–water partition coefficient (Wildman–Crippen LogP) is 2.57. The number of amides is 2. The van der Waals surface area contributed by atoms with E-state index in [1.165, 1.54) is 0 Å². The molecule has 0 radical (unpaired) electrons. The van der Waals surface area contributed by atoms with Crippen LogP contribution in [-0.4, -0.2) is 18.4 Å². The van der Waals surface area contributed by atoms with Crippen molar-refractivity contribution in [2.75, 3.05) is 16.8 Å². The zero-order valence-electron chi connectivity index (χ0n) is 11.1. The van der Waals surface area contributed by atoms with E-state index in [0.29, 0.717) is 19.4 Å². The molecule has 1 saturated heterocycles. The van der Waals surface area contributed by atoms with E-state index in [-0.39, 0.29) is 17.7 Å². The number of nitrogens with zero attached hydrogens (tertiary/aromatic N) is 1. The third-order valence-electron chi connectivity index (χ3n) is 3.27. The molecule has 0 bridgehead atoms. The average molecular weight is 258 g/mol. The van der Waals surface area contributed by atoms with Crippen LogP contribution < -0.4 is 10.2 Å². The molecule has 1 atom stereocenters. The van der Waals surface area contributed by atoms with Gasteiger partial charge in [-0.3, -0.25) is 9.59 Å². The smallest absolute Gasteiger partial charge is 0.227 e. The highest BCUT2D eigenvalue weighted by atomic mass is 16.2. The number of hydrogen-bond acceptors (Lipinski definition) is 2. The molecule has 1 unspecified atom stereocenters. The Balaban J connectivity index is 2.08. The van der Waals surface area contributed by atoms with Crippen molar-refractivity contribution >= 4 is 23.2 Å². The van der Waals surface area contributed by atoms with E-state index in [4.69, 9.17) is 0 Å². The molecule has 0 spiro atoms. The summed E-state index contributed by atoms with van der Waals surface area (Å²) in [6, 6.07) is 7.35. The number of nitrogens with one attached hydrogen (secondary N) is 1. The fraction of sp³-hybridized carbons (Fsp3) is 0.333. The summed E-state index contributed by atoms with van der Waals surface area (Å²) < 4.78 is 0. The van der Waals surface area contributed by atoms with Gasteiger partial charge in [-0.1, -0.05) is 13.0 Å². The van der Waals surface area contributed by atoms with E-state index in [9.17, 15) is 9.59 Å². The van der Waals surface area contributed by atoms with Crippen molar-refractivity contribution in [2.45, 2.75) is 19.8 Å². The second-order valence-corrected chi connectivity index (χ2v) is 4.65. The van der Waals surface area contributed by atoms with Gasteiger partial charge in [0.05, 0.1) is 0 Å². The van der Waals surface area contributed by atoms with E-state index in [1.807, 2.05) is 37.3 Å². The highest BCUT2D eigenvalue weighted by Gasteiger charge is 2.28. The molecule has 0 aliphatic carbocycles. The molecule has 1 aromatic carbocycles. The normalized spacial score (nSPS) is 18.5. The molecule has 2 rings (SSSR count). The van der Waals surface area contributed by atoms with Gasteiger partial charge in [0.2, 0.25) is 11.8 Å². The van der Waals surface area contributed by atoms with E-state index < -0.39 is 0 Å². The zero-order chi connectivity index (χ0) is 13.8. The van der Waals surface area contributed by atoms with Gasteiger partial charge >= 0.3 is 0 Å². The first kappa shape index (κ1) is 13.3. The Morgan fingerprint density at radius 2 is 2.16 bits per heavy atom. The third-order valence-corrected chi connectivity index (χ3v) is 3.27. The number of anilines is 2. The molecular formula is C15H18N2O2. The van der Waals surface area contributed by atoms with E-state index in [2.05, 4.69) is 11.9 Å². The van der Waals surface area contributed by atoms with Crippen LogP contribution in [0.3, 0.4) is 0 Å². The highest BCUT2D eigenvalue weighted by Crippen LogP contribution is 2.26. The molecule has 4 nitrogen and oxygen atoms in total. The average Bonchev–Trinajstić information content (AvgIpc) is 2.81. The molecular weight excluding hydrogens is 240 g/mol. The lowest BCUT2D eigenvalue weighted by atomic mass is 10.1. The van der Waals surface area contributed by atoms with Gasteiger partial charge in [-0.25, -0.2) is 0 Å². The Hall–Kier alpha value is -2.10. The van der Waals surface area contributed by atoms with Gasteiger partial charge in [0, 0.05) is 36.7 Å². The Bertz CT molecular complexity index is 493. The van der Waals surface area contributed by atoms with Crippen LogP contribution in [0.15, 0.2) is 36.9 Å². The number of carbonyl (C=O) groups is 2. The van der Waals surface area contributed by atoms with E-state index in [0.717, 1.165) is 11.4 Å². The minimum absolute atomic E-state index is 0.0169. The Morgan fingerprint density at radius 3 is 2.68 bits per heavy atom. The maximum absolute atomic E-state index is 11.9. The molecule has 100 valence electrons. The lowest BCUT2D eigenvalue weighted by molar-refractivity contribution is -0.117. The van der Waals surface area contributed by atoms with Crippen LogP contribution >= 0.6 is 0 Å². The van der Waals surface area contributed by atoms with Crippen molar-refractivity contribution in [2.24, 2.45) is 5.92 Å². The molecule has 1 aliphatic heterocycles. The third kappa shape index (κ3) is 3.02. The maximum atomic E-state index is 11.9. The summed E-state index contributed by atoms with van der Waals surface area (Å²) in [5.41, 5.74) is 1.62. The first-order chi connectivity index (χ1) is 9.13. The number of hydrogen-bond donors (Lipinski definition) is 1. The van der Waals surface area contributed by atoms with Crippen molar-refractivity contribution in [3.63, 3.8) is 0 Å². The first-order valence-corrected chi connectivity index (χ1v) is 6.47. The summed E-state index contributed by atoms with van der Waals surface area (Å²) in [7, 11) is 0. The van der Waals surface area contributed by atoms with Gasteiger partial charge in [-0.2, -0.15) is 0 Å². The van der Waals surface area contributed by atoms with Crippen LogP contribution in [0.4, 0.5) is 11.4 Å². The largest absolute Gasteiger partial charge is 0.326 e. The van der Waals surface area contributed by atoms with Gasteiger partial charge < -0.3 is 10.2 Å². The standard InChI is InChI=1S/C15H18N2O2/c1-3-11-9-15(19)17(10-11)13-7-5-12(6-8-13)16-14(18)4-2/h3,5-8,11H,1,4,9-10H2,2H3,(H,16,18). The molecule has 4 heteroatoms. The van der Waals surface area contributed by atoms with Crippen LogP contribution in [-0.2, 0) is 9.59 Å². The summed E-state index contributed by atoms with van der Waals surface area (Å²) in [6.07, 6.45) is 2.80. The Labute approximate surface area is 113 Å². The van der Waals surface area contributed by atoms with Gasteiger partial charge in [0.25, 0.3) is 0 Å². The van der Waals surface area contributed by atoms with Crippen molar-refractivity contribution in [3.8, 4) is 0 Å². The summed E-state index contributed by atoms with van der Waals surface area (Å²) in [4.78, 5) is 24.9. The number of carbonyl (C=O) groups excluding carboxylic acids is 2. The van der Waals surface area contributed by atoms with E-state index >= 15 is 0 Å². The maximum Gasteiger partial charge on any atom is 0.227 e. The summed E-state index contributed by atoms with van der Waals surface area (Å²) in [5.74, 6) is 0.332. The fourth-order valence-electron chi connectivity index (χ4n) is 2.12. The van der Waals surface area contributed by atoms with Gasteiger partial charge in [-0.05, 0) is 24.3 Å². The predicted molar refractivity (Wildman–Crippen MR) is 76.0 cm³/mol. The molecule has 1 aliphatic rings. The Morgan fingerprint density at radius 1 is 1.47 bits per heavy atom. The van der Waals surface area contributed by atoms with Crippen molar-refractivity contribution < 1.29 is 9.59 Å². The van der Waals surface area contributed by atoms with Crippen LogP contribution in [0.25, 0.3) is 0 Å². The van der Waals surface area contributed by atoms with Gasteiger partial charge in [0.15, 0.2) is 0 Å². The SMILES string of the molecule is C=CC1CC(=O)N(c2ccc(NC(=O)CC)cc2)C1.